The van der Waals surface area contributed by atoms with Gasteiger partial charge in [-0.2, -0.15) is 0 Å². The second-order valence-electron chi connectivity index (χ2n) is 3.46. The Hall–Kier alpha value is -0.250. The molecule has 1 rings (SSSR count). The molecule has 0 bridgehead atoms. The average Bonchev–Trinajstić information content (AvgIpc) is 2.14. The molecule has 0 aliphatic carbocycles. The van der Waals surface area contributed by atoms with Gasteiger partial charge in [0.2, 0.25) is 0 Å². The van der Waals surface area contributed by atoms with E-state index in [1.807, 2.05) is 35.7 Å². The number of thioether (sulfide) groups is 1. The van der Waals surface area contributed by atoms with E-state index in [0.29, 0.717) is 0 Å². The number of benzene rings is 1. The molecule has 0 heterocycles. The Morgan fingerprint density at radius 2 is 1.93 bits per heavy atom. The van der Waals surface area contributed by atoms with E-state index in [0.717, 1.165) is 9.38 Å². The minimum absolute atomic E-state index is 0.791. The maximum absolute atomic E-state index is 9.64. The van der Waals surface area contributed by atoms with E-state index in [4.69, 9.17) is 0 Å². The largest absolute Gasteiger partial charge is 0.385 e. The minimum Gasteiger partial charge on any atom is -0.385 e. The van der Waals surface area contributed by atoms with Crippen LogP contribution in [0.1, 0.15) is 13.8 Å². The Morgan fingerprint density at radius 3 is 2.43 bits per heavy atom. The summed E-state index contributed by atoms with van der Waals surface area (Å²) >= 11 is 4.93. The summed E-state index contributed by atoms with van der Waals surface area (Å²) in [5.74, 6) is 0. The summed E-state index contributed by atoms with van der Waals surface area (Å²) in [7, 11) is 0. The van der Waals surface area contributed by atoms with Crippen molar-refractivity contribution in [3.05, 3.63) is 40.2 Å². The first-order chi connectivity index (χ1) is 6.50. The zero-order valence-corrected chi connectivity index (χ0v) is 10.6. The van der Waals surface area contributed by atoms with Gasteiger partial charge in [-0.25, -0.2) is 0 Å². The number of hydrogen-bond donors (Lipinski definition) is 1. The smallest absolute Gasteiger partial charge is 0.0909 e. The second kappa shape index (κ2) is 5.01. The fourth-order valence-electron chi connectivity index (χ4n) is 0.763. The summed E-state index contributed by atoms with van der Waals surface area (Å²) in [6, 6.07) is 10.0. The Bertz CT molecular complexity index is 314. The highest BCUT2D eigenvalue weighted by Gasteiger charge is 2.16. The Kier molecular flexibility index (Phi) is 4.23. The van der Waals surface area contributed by atoms with Crippen LogP contribution >= 0.6 is 27.7 Å². The molecule has 0 aromatic heterocycles. The van der Waals surface area contributed by atoms with Gasteiger partial charge < -0.3 is 5.11 Å². The highest BCUT2D eigenvalue weighted by molar-refractivity contribution is 9.11. The van der Waals surface area contributed by atoms with Crippen LogP contribution in [0.25, 0.3) is 0 Å². The van der Waals surface area contributed by atoms with Crippen LogP contribution in [-0.4, -0.2) is 10.7 Å². The van der Waals surface area contributed by atoms with Gasteiger partial charge in [0.05, 0.1) is 5.60 Å². The fraction of sp³-hybridized carbons (Fsp3) is 0.273. The minimum atomic E-state index is -0.804. The molecule has 0 saturated carbocycles. The van der Waals surface area contributed by atoms with Crippen LogP contribution in [0.15, 0.2) is 45.1 Å². The molecule has 1 nitrogen and oxygen atoms in total. The Balaban J connectivity index is 2.65. The van der Waals surface area contributed by atoms with Crippen molar-refractivity contribution in [3.8, 4) is 0 Å². The predicted octanol–water partition coefficient (Wildman–Crippen LogP) is 3.79. The molecule has 14 heavy (non-hydrogen) atoms. The molecule has 1 aromatic carbocycles. The van der Waals surface area contributed by atoms with E-state index in [-0.39, 0.29) is 0 Å². The summed E-state index contributed by atoms with van der Waals surface area (Å²) in [5, 5.41) is 11.5. The first-order valence-electron chi connectivity index (χ1n) is 4.30. The molecule has 0 amide bonds. The fourth-order valence-corrected chi connectivity index (χ4v) is 1.89. The van der Waals surface area contributed by atoms with Gasteiger partial charge in [0.25, 0.3) is 0 Å². The van der Waals surface area contributed by atoms with Crippen molar-refractivity contribution in [2.45, 2.75) is 24.3 Å². The van der Waals surface area contributed by atoms with Crippen LogP contribution < -0.4 is 0 Å². The second-order valence-corrected chi connectivity index (χ2v) is 5.25. The Morgan fingerprint density at radius 1 is 1.36 bits per heavy atom. The zero-order valence-electron chi connectivity index (χ0n) is 8.20. The van der Waals surface area contributed by atoms with E-state index >= 15 is 0 Å². The molecule has 0 fully saturated rings. The molecular formula is C11H13BrOS. The molecule has 0 radical (unpaired) electrons. The summed E-state index contributed by atoms with van der Waals surface area (Å²) in [5.41, 5.74) is -0.804. The lowest BCUT2D eigenvalue weighted by Crippen LogP contribution is -2.17. The number of hydrogen-bond acceptors (Lipinski definition) is 2. The third-order valence-electron chi connectivity index (χ3n) is 1.63. The lowest BCUT2D eigenvalue weighted by Gasteiger charge is -2.15. The first kappa shape index (κ1) is 11.8. The lowest BCUT2D eigenvalue weighted by atomic mass is 10.1. The SMILES string of the molecule is CC(C)(O)/C(Br)=C/Sc1ccccc1. The zero-order chi connectivity index (χ0) is 10.6. The van der Waals surface area contributed by atoms with Crippen LogP contribution in [-0.2, 0) is 0 Å². The van der Waals surface area contributed by atoms with E-state index in [1.54, 1.807) is 25.6 Å². The van der Waals surface area contributed by atoms with Crippen molar-refractivity contribution in [1.29, 1.82) is 0 Å². The van der Waals surface area contributed by atoms with Crippen molar-refractivity contribution in [2.75, 3.05) is 0 Å². The van der Waals surface area contributed by atoms with E-state index < -0.39 is 5.60 Å². The normalized spacial score (nSPS) is 13.0. The van der Waals surface area contributed by atoms with Crippen LogP contribution in [0.2, 0.25) is 0 Å². The topological polar surface area (TPSA) is 20.2 Å². The van der Waals surface area contributed by atoms with Crippen molar-refractivity contribution in [2.24, 2.45) is 0 Å². The molecule has 0 aliphatic rings. The molecule has 0 spiro atoms. The molecule has 0 saturated heterocycles. The van der Waals surface area contributed by atoms with Crippen molar-refractivity contribution in [1.82, 2.24) is 0 Å². The van der Waals surface area contributed by atoms with E-state index in [2.05, 4.69) is 15.9 Å². The van der Waals surface area contributed by atoms with Gasteiger partial charge in [0.1, 0.15) is 0 Å². The van der Waals surface area contributed by atoms with Gasteiger partial charge in [-0.3, -0.25) is 0 Å². The maximum atomic E-state index is 9.64. The predicted molar refractivity (Wildman–Crippen MR) is 65.6 cm³/mol. The molecule has 0 aliphatic heterocycles. The quantitative estimate of drug-likeness (QED) is 0.845. The summed E-state index contributed by atoms with van der Waals surface area (Å²) in [6.45, 7) is 3.50. The Labute approximate surface area is 97.4 Å². The molecule has 3 heteroatoms. The van der Waals surface area contributed by atoms with E-state index in [9.17, 15) is 5.11 Å². The number of rotatable bonds is 3. The van der Waals surface area contributed by atoms with Crippen LogP contribution in [0.3, 0.4) is 0 Å². The maximum Gasteiger partial charge on any atom is 0.0909 e. The molecular weight excluding hydrogens is 260 g/mol. The van der Waals surface area contributed by atoms with Crippen molar-refractivity contribution in [3.63, 3.8) is 0 Å². The summed E-state index contributed by atoms with van der Waals surface area (Å²) < 4.78 is 0.791. The number of halogens is 1. The number of aliphatic hydroxyl groups is 1. The van der Waals surface area contributed by atoms with Crippen molar-refractivity contribution >= 4 is 27.7 Å². The average molecular weight is 273 g/mol. The third kappa shape index (κ3) is 3.86. The van der Waals surface area contributed by atoms with Crippen LogP contribution in [0.5, 0.6) is 0 Å². The van der Waals surface area contributed by atoms with Gasteiger partial charge in [-0.15, -0.1) is 0 Å². The summed E-state index contributed by atoms with van der Waals surface area (Å²) in [6.07, 6.45) is 0. The highest BCUT2D eigenvalue weighted by Crippen LogP contribution is 2.28. The van der Waals surface area contributed by atoms with Crippen LogP contribution in [0, 0.1) is 0 Å². The van der Waals surface area contributed by atoms with Gasteiger partial charge in [0.15, 0.2) is 0 Å². The highest BCUT2D eigenvalue weighted by atomic mass is 79.9. The monoisotopic (exact) mass is 272 g/mol. The van der Waals surface area contributed by atoms with Gasteiger partial charge in [0, 0.05) is 9.38 Å². The van der Waals surface area contributed by atoms with Gasteiger partial charge in [-0.1, -0.05) is 45.9 Å². The van der Waals surface area contributed by atoms with Crippen molar-refractivity contribution < 1.29 is 5.11 Å². The van der Waals surface area contributed by atoms with Crippen LogP contribution in [0.4, 0.5) is 0 Å². The standard InChI is InChI=1S/C11H13BrOS/c1-11(2,13)10(12)8-14-9-6-4-3-5-7-9/h3-8,13H,1-2H3/b10-8-. The summed E-state index contributed by atoms with van der Waals surface area (Å²) in [4.78, 5) is 1.16. The van der Waals surface area contributed by atoms with E-state index in [1.165, 1.54) is 0 Å². The first-order valence-corrected chi connectivity index (χ1v) is 5.97. The molecule has 0 atom stereocenters. The third-order valence-corrected chi connectivity index (χ3v) is 4.03. The van der Waals surface area contributed by atoms with Gasteiger partial charge in [-0.05, 0) is 31.4 Å². The lowest BCUT2D eigenvalue weighted by molar-refractivity contribution is 0.130. The molecule has 1 N–H and O–H groups in total. The molecule has 76 valence electrons. The molecule has 1 aromatic rings. The molecule has 0 unspecified atom stereocenters. The van der Waals surface area contributed by atoms with Gasteiger partial charge >= 0.3 is 0 Å².